The lowest BCUT2D eigenvalue weighted by Gasteiger charge is -2.41. The van der Waals surface area contributed by atoms with Crippen molar-refractivity contribution in [3.63, 3.8) is 0 Å². The molecule has 2 aliphatic rings. The number of amidine groups is 1. The third-order valence-corrected chi connectivity index (χ3v) is 4.28. The molecule has 2 unspecified atom stereocenters. The van der Waals surface area contributed by atoms with Crippen molar-refractivity contribution < 1.29 is 4.74 Å². The predicted molar refractivity (Wildman–Crippen MR) is 85.8 cm³/mol. The van der Waals surface area contributed by atoms with E-state index in [0.717, 1.165) is 26.2 Å². The van der Waals surface area contributed by atoms with Gasteiger partial charge < -0.3 is 15.4 Å². The zero-order chi connectivity index (χ0) is 14.8. The first-order chi connectivity index (χ1) is 10.1. The van der Waals surface area contributed by atoms with Gasteiger partial charge in [0, 0.05) is 37.9 Å². The number of hydrogen-bond acceptors (Lipinski definition) is 5. The third-order valence-electron chi connectivity index (χ3n) is 4.28. The minimum atomic E-state index is 0.128. The fourth-order valence-corrected chi connectivity index (χ4v) is 3.14. The van der Waals surface area contributed by atoms with Crippen LogP contribution in [0.5, 0.6) is 0 Å². The SMILES string of the molecule is Cc1ccc(N2CCN(CC3CN=C(N)O3)CC2C)cc1. The monoisotopic (exact) mass is 288 g/mol. The first-order valence-electron chi connectivity index (χ1n) is 7.64. The Morgan fingerprint density at radius 2 is 2.05 bits per heavy atom. The Kier molecular flexibility index (Phi) is 4.01. The summed E-state index contributed by atoms with van der Waals surface area (Å²) in [5.41, 5.74) is 8.19. The molecule has 21 heavy (non-hydrogen) atoms. The number of aliphatic imine (C=N–C) groups is 1. The minimum absolute atomic E-state index is 0.128. The number of rotatable bonds is 3. The van der Waals surface area contributed by atoms with Crippen LogP contribution in [0, 0.1) is 6.92 Å². The summed E-state index contributed by atoms with van der Waals surface area (Å²) in [6.45, 7) is 9.17. The van der Waals surface area contributed by atoms with E-state index >= 15 is 0 Å². The molecule has 1 aromatic carbocycles. The molecule has 5 heteroatoms. The molecule has 1 aromatic rings. The van der Waals surface area contributed by atoms with Crippen LogP contribution < -0.4 is 10.6 Å². The summed E-state index contributed by atoms with van der Waals surface area (Å²) >= 11 is 0. The van der Waals surface area contributed by atoms with Crippen molar-refractivity contribution in [2.45, 2.75) is 26.0 Å². The van der Waals surface area contributed by atoms with Crippen LogP contribution in [-0.4, -0.2) is 55.8 Å². The summed E-state index contributed by atoms with van der Waals surface area (Å²) < 4.78 is 5.50. The largest absolute Gasteiger partial charge is 0.459 e. The first-order valence-corrected chi connectivity index (χ1v) is 7.64. The van der Waals surface area contributed by atoms with Crippen LogP contribution in [0.25, 0.3) is 0 Å². The van der Waals surface area contributed by atoms with Crippen LogP contribution in [0.3, 0.4) is 0 Å². The van der Waals surface area contributed by atoms with E-state index in [4.69, 9.17) is 10.5 Å². The van der Waals surface area contributed by atoms with Crippen molar-refractivity contribution in [2.75, 3.05) is 37.6 Å². The standard InChI is InChI=1S/C16H24N4O/c1-12-3-5-14(6-4-12)20-8-7-19(10-13(20)2)11-15-9-18-16(17)21-15/h3-6,13,15H,7-11H2,1-2H3,(H2,17,18). The second kappa shape index (κ2) is 5.93. The molecule has 0 aliphatic carbocycles. The van der Waals surface area contributed by atoms with Crippen molar-refractivity contribution in [3.05, 3.63) is 29.8 Å². The van der Waals surface area contributed by atoms with Gasteiger partial charge >= 0.3 is 0 Å². The van der Waals surface area contributed by atoms with Crippen LogP contribution in [0.1, 0.15) is 12.5 Å². The molecule has 3 rings (SSSR count). The molecule has 1 fully saturated rings. The first kappa shape index (κ1) is 14.2. The van der Waals surface area contributed by atoms with Gasteiger partial charge in [-0.3, -0.25) is 4.90 Å². The lowest BCUT2D eigenvalue weighted by molar-refractivity contribution is 0.130. The van der Waals surface area contributed by atoms with Crippen molar-refractivity contribution in [1.29, 1.82) is 0 Å². The highest BCUT2D eigenvalue weighted by Gasteiger charge is 2.27. The molecule has 0 bridgehead atoms. The molecule has 0 aromatic heterocycles. The average Bonchev–Trinajstić information content (AvgIpc) is 2.86. The van der Waals surface area contributed by atoms with Gasteiger partial charge in [-0.1, -0.05) is 17.7 Å². The quantitative estimate of drug-likeness (QED) is 0.908. The van der Waals surface area contributed by atoms with Gasteiger partial charge in [-0.25, -0.2) is 4.99 Å². The summed E-state index contributed by atoms with van der Waals surface area (Å²) in [7, 11) is 0. The summed E-state index contributed by atoms with van der Waals surface area (Å²) in [4.78, 5) is 9.04. The maximum Gasteiger partial charge on any atom is 0.282 e. The van der Waals surface area contributed by atoms with Gasteiger partial charge in [0.25, 0.3) is 6.02 Å². The molecule has 0 amide bonds. The van der Waals surface area contributed by atoms with E-state index in [0.29, 0.717) is 18.6 Å². The Morgan fingerprint density at radius 1 is 1.29 bits per heavy atom. The highest BCUT2D eigenvalue weighted by atomic mass is 16.5. The number of piperazine rings is 1. The Hall–Kier alpha value is -1.75. The van der Waals surface area contributed by atoms with Gasteiger partial charge in [-0.05, 0) is 26.0 Å². The minimum Gasteiger partial charge on any atom is -0.459 e. The van der Waals surface area contributed by atoms with E-state index in [-0.39, 0.29) is 6.10 Å². The molecule has 0 saturated carbocycles. The van der Waals surface area contributed by atoms with Crippen molar-refractivity contribution in [1.82, 2.24) is 4.90 Å². The number of nitrogens with zero attached hydrogens (tertiary/aromatic N) is 3. The van der Waals surface area contributed by atoms with E-state index in [1.165, 1.54) is 11.3 Å². The molecule has 2 atom stereocenters. The van der Waals surface area contributed by atoms with Crippen LogP contribution in [-0.2, 0) is 4.74 Å². The zero-order valence-corrected chi connectivity index (χ0v) is 12.8. The van der Waals surface area contributed by atoms with Crippen molar-refractivity contribution in [2.24, 2.45) is 10.7 Å². The molecular weight excluding hydrogens is 264 g/mol. The molecule has 0 spiro atoms. The van der Waals surface area contributed by atoms with Gasteiger partial charge in [0.05, 0.1) is 6.54 Å². The van der Waals surface area contributed by atoms with E-state index < -0.39 is 0 Å². The average molecular weight is 288 g/mol. The second-order valence-electron chi connectivity index (χ2n) is 6.06. The van der Waals surface area contributed by atoms with E-state index in [1.807, 2.05) is 0 Å². The van der Waals surface area contributed by atoms with Gasteiger partial charge in [0.15, 0.2) is 0 Å². The maximum atomic E-state index is 5.57. The summed E-state index contributed by atoms with van der Waals surface area (Å²) in [6, 6.07) is 9.64. The topological polar surface area (TPSA) is 54.1 Å². The Bertz CT molecular complexity index is 514. The molecule has 5 nitrogen and oxygen atoms in total. The molecular formula is C16H24N4O. The Morgan fingerprint density at radius 3 is 2.67 bits per heavy atom. The lowest BCUT2D eigenvalue weighted by atomic mass is 10.1. The number of hydrogen-bond donors (Lipinski definition) is 1. The van der Waals surface area contributed by atoms with E-state index in [1.54, 1.807) is 0 Å². The summed E-state index contributed by atoms with van der Waals surface area (Å²) in [6.07, 6.45) is 0.128. The van der Waals surface area contributed by atoms with Crippen LogP contribution >= 0.6 is 0 Å². The van der Waals surface area contributed by atoms with Gasteiger partial charge in [0.2, 0.25) is 0 Å². The van der Waals surface area contributed by atoms with Crippen LogP contribution in [0.15, 0.2) is 29.3 Å². The normalized spacial score (nSPS) is 26.6. The fraction of sp³-hybridized carbons (Fsp3) is 0.562. The number of benzene rings is 1. The molecule has 0 radical (unpaired) electrons. The number of nitrogens with two attached hydrogens (primary N) is 1. The molecule has 1 saturated heterocycles. The smallest absolute Gasteiger partial charge is 0.282 e. The number of ether oxygens (including phenoxy) is 1. The molecule has 2 heterocycles. The van der Waals surface area contributed by atoms with Crippen molar-refractivity contribution >= 4 is 11.7 Å². The molecule has 2 aliphatic heterocycles. The van der Waals surface area contributed by atoms with Crippen LogP contribution in [0.2, 0.25) is 0 Å². The summed E-state index contributed by atoms with van der Waals surface area (Å²) in [5, 5.41) is 0. The highest BCUT2D eigenvalue weighted by Crippen LogP contribution is 2.21. The maximum absolute atomic E-state index is 5.57. The van der Waals surface area contributed by atoms with Gasteiger partial charge in [-0.2, -0.15) is 0 Å². The molecule has 2 N–H and O–H groups in total. The zero-order valence-electron chi connectivity index (χ0n) is 12.8. The third kappa shape index (κ3) is 3.29. The lowest BCUT2D eigenvalue weighted by Crippen LogP contribution is -2.53. The van der Waals surface area contributed by atoms with Crippen molar-refractivity contribution in [3.8, 4) is 0 Å². The van der Waals surface area contributed by atoms with Crippen LogP contribution in [0.4, 0.5) is 5.69 Å². The number of aryl methyl sites for hydroxylation is 1. The van der Waals surface area contributed by atoms with E-state index in [9.17, 15) is 0 Å². The highest BCUT2D eigenvalue weighted by molar-refractivity contribution is 5.73. The molecule has 114 valence electrons. The Balaban J connectivity index is 1.55. The van der Waals surface area contributed by atoms with Gasteiger partial charge in [0.1, 0.15) is 6.10 Å². The Labute approximate surface area is 126 Å². The fourth-order valence-electron chi connectivity index (χ4n) is 3.14. The number of anilines is 1. The second-order valence-corrected chi connectivity index (χ2v) is 6.06. The van der Waals surface area contributed by atoms with E-state index in [2.05, 4.69) is 52.9 Å². The van der Waals surface area contributed by atoms with Gasteiger partial charge in [-0.15, -0.1) is 0 Å². The predicted octanol–water partition coefficient (Wildman–Crippen LogP) is 1.22. The summed E-state index contributed by atoms with van der Waals surface area (Å²) in [5.74, 6) is 0.